The molecule has 2 amide bonds. The van der Waals surface area contributed by atoms with Gasteiger partial charge in [0, 0.05) is 13.3 Å². The summed E-state index contributed by atoms with van der Waals surface area (Å²) in [6.45, 7) is 7.01. The van der Waals surface area contributed by atoms with Crippen molar-refractivity contribution < 1.29 is 9.59 Å². The lowest BCUT2D eigenvalue weighted by Gasteiger charge is -1.92. The summed E-state index contributed by atoms with van der Waals surface area (Å²) >= 11 is 0. The zero-order valence-corrected chi connectivity index (χ0v) is 7.02. The highest BCUT2D eigenvalue weighted by atomic mass is 16.2. The summed E-state index contributed by atoms with van der Waals surface area (Å²) < 4.78 is 0. The standard InChI is InChI=1S/C5H9NO2.C2H6/c1-3-5(8)6-4(2)7;1-2/h3H2,1-2H3,(H,6,7,8);1-2H3. The van der Waals surface area contributed by atoms with E-state index >= 15 is 0 Å². The predicted octanol–water partition coefficient (Wildman–Crippen LogP) is 1.09. The van der Waals surface area contributed by atoms with Crippen molar-refractivity contribution in [3.63, 3.8) is 0 Å². The first-order valence-electron chi connectivity index (χ1n) is 3.47. The van der Waals surface area contributed by atoms with E-state index in [0.717, 1.165) is 0 Å². The lowest BCUT2D eigenvalue weighted by Crippen LogP contribution is -2.26. The quantitative estimate of drug-likeness (QED) is 0.600. The van der Waals surface area contributed by atoms with Gasteiger partial charge in [-0.15, -0.1) is 0 Å². The van der Waals surface area contributed by atoms with Gasteiger partial charge in [0.2, 0.25) is 11.8 Å². The minimum absolute atomic E-state index is 0.225. The molecule has 0 aliphatic heterocycles. The third-order valence-electron chi connectivity index (χ3n) is 0.637. The molecule has 3 nitrogen and oxygen atoms in total. The van der Waals surface area contributed by atoms with Crippen molar-refractivity contribution in [3.05, 3.63) is 0 Å². The Bertz CT molecular complexity index is 110. The Morgan fingerprint density at radius 1 is 1.30 bits per heavy atom. The van der Waals surface area contributed by atoms with Crippen LogP contribution < -0.4 is 5.32 Å². The number of amides is 2. The molecule has 0 bridgehead atoms. The van der Waals surface area contributed by atoms with Crippen LogP contribution in [-0.2, 0) is 9.59 Å². The summed E-state index contributed by atoms with van der Waals surface area (Å²) in [7, 11) is 0. The van der Waals surface area contributed by atoms with E-state index in [0.29, 0.717) is 6.42 Å². The van der Waals surface area contributed by atoms with Crippen LogP contribution in [0.2, 0.25) is 0 Å². The second-order valence-corrected chi connectivity index (χ2v) is 1.46. The first-order chi connectivity index (χ1) is 4.66. The summed E-state index contributed by atoms with van der Waals surface area (Å²) in [4.78, 5) is 20.4. The van der Waals surface area contributed by atoms with Gasteiger partial charge in [-0.05, 0) is 0 Å². The van der Waals surface area contributed by atoms with Gasteiger partial charge in [-0.1, -0.05) is 20.8 Å². The Balaban J connectivity index is 0. The molecule has 0 saturated carbocycles. The fourth-order valence-corrected chi connectivity index (χ4v) is 0.285. The topological polar surface area (TPSA) is 46.2 Å². The van der Waals surface area contributed by atoms with Gasteiger partial charge in [0.15, 0.2) is 0 Å². The molecular weight excluding hydrogens is 130 g/mol. The Morgan fingerprint density at radius 3 is 1.80 bits per heavy atom. The van der Waals surface area contributed by atoms with E-state index in [1.54, 1.807) is 6.92 Å². The first kappa shape index (κ1) is 11.9. The monoisotopic (exact) mass is 145 g/mol. The number of nitrogens with one attached hydrogen (secondary N) is 1. The van der Waals surface area contributed by atoms with Crippen LogP contribution in [0.5, 0.6) is 0 Å². The second kappa shape index (κ2) is 8.14. The molecule has 0 atom stereocenters. The Labute approximate surface area is 61.8 Å². The minimum atomic E-state index is -0.295. The molecule has 10 heavy (non-hydrogen) atoms. The first-order valence-corrected chi connectivity index (χ1v) is 3.47. The molecule has 0 radical (unpaired) electrons. The molecule has 0 fully saturated rings. The fourth-order valence-electron chi connectivity index (χ4n) is 0.285. The SMILES string of the molecule is CC.CCC(=O)NC(C)=O. The van der Waals surface area contributed by atoms with Crippen LogP contribution in [0.4, 0.5) is 0 Å². The van der Waals surface area contributed by atoms with Crippen LogP contribution in [0.25, 0.3) is 0 Å². The zero-order chi connectivity index (χ0) is 8.57. The minimum Gasteiger partial charge on any atom is -0.297 e. The molecule has 3 heteroatoms. The molecule has 0 spiro atoms. The lowest BCUT2D eigenvalue weighted by molar-refractivity contribution is -0.129. The van der Waals surface area contributed by atoms with Crippen LogP contribution in [0.15, 0.2) is 0 Å². The molecule has 0 aromatic heterocycles. The number of hydrogen-bond acceptors (Lipinski definition) is 2. The second-order valence-electron chi connectivity index (χ2n) is 1.46. The summed E-state index contributed by atoms with van der Waals surface area (Å²) in [5.74, 6) is -0.519. The third kappa shape index (κ3) is 10.2. The third-order valence-corrected chi connectivity index (χ3v) is 0.637. The van der Waals surface area contributed by atoms with Gasteiger partial charge in [-0.3, -0.25) is 14.9 Å². The van der Waals surface area contributed by atoms with Crippen molar-refractivity contribution in [2.24, 2.45) is 0 Å². The van der Waals surface area contributed by atoms with Crippen LogP contribution in [-0.4, -0.2) is 11.8 Å². The summed E-state index contributed by atoms with van der Waals surface area (Å²) in [5, 5.41) is 2.11. The number of carbonyl (C=O) groups is 2. The van der Waals surface area contributed by atoms with Gasteiger partial charge in [0.05, 0.1) is 0 Å². The molecule has 0 rings (SSSR count). The van der Waals surface area contributed by atoms with Gasteiger partial charge in [0.25, 0.3) is 0 Å². The molecular formula is C7H15NO2. The van der Waals surface area contributed by atoms with Crippen LogP contribution in [0.1, 0.15) is 34.1 Å². The van der Waals surface area contributed by atoms with Crippen molar-refractivity contribution >= 4 is 11.8 Å². The summed E-state index contributed by atoms with van der Waals surface area (Å²) in [5.41, 5.74) is 0. The average Bonchev–Trinajstić information content (AvgIpc) is 1.91. The fraction of sp³-hybridized carbons (Fsp3) is 0.714. The van der Waals surface area contributed by atoms with E-state index in [1.165, 1.54) is 6.92 Å². The highest BCUT2D eigenvalue weighted by Crippen LogP contribution is 1.72. The highest BCUT2D eigenvalue weighted by Gasteiger charge is 1.96. The molecule has 0 aliphatic rings. The van der Waals surface area contributed by atoms with Crippen LogP contribution >= 0.6 is 0 Å². The molecule has 0 saturated heterocycles. The number of hydrogen-bond donors (Lipinski definition) is 1. The lowest BCUT2D eigenvalue weighted by atomic mass is 10.4. The van der Waals surface area contributed by atoms with Crippen molar-refractivity contribution in [3.8, 4) is 0 Å². The maximum Gasteiger partial charge on any atom is 0.226 e. The molecule has 0 aromatic rings. The van der Waals surface area contributed by atoms with Crippen molar-refractivity contribution in [2.45, 2.75) is 34.1 Å². The van der Waals surface area contributed by atoms with Gasteiger partial charge in [0.1, 0.15) is 0 Å². The van der Waals surface area contributed by atoms with Gasteiger partial charge < -0.3 is 0 Å². The zero-order valence-electron chi connectivity index (χ0n) is 7.02. The van der Waals surface area contributed by atoms with Crippen molar-refractivity contribution in [2.75, 3.05) is 0 Å². The van der Waals surface area contributed by atoms with E-state index in [1.807, 2.05) is 13.8 Å². The number of imide groups is 1. The van der Waals surface area contributed by atoms with E-state index in [-0.39, 0.29) is 11.8 Å². The van der Waals surface area contributed by atoms with E-state index < -0.39 is 0 Å². The molecule has 0 unspecified atom stereocenters. The molecule has 1 N–H and O–H groups in total. The Hall–Kier alpha value is -0.860. The van der Waals surface area contributed by atoms with Gasteiger partial charge >= 0.3 is 0 Å². The molecule has 0 aliphatic carbocycles. The highest BCUT2D eigenvalue weighted by molar-refractivity contribution is 5.93. The van der Waals surface area contributed by atoms with Crippen LogP contribution in [0, 0.1) is 0 Å². The van der Waals surface area contributed by atoms with Crippen LogP contribution in [0.3, 0.4) is 0 Å². The van der Waals surface area contributed by atoms with Gasteiger partial charge in [-0.25, -0.2) is 0 Å². The maximum absolute atomic E-state index is 10.3. The summed E-state index contributed by atoms with van der Waals surface area (Å²) in [6.07, 6.45) is 0.361. The van der Waals surface area contributed by atoms with E-state index in [4.69, 9.17) is 0 Å². The number of carbonyl (C=O) groups excluding carboxylic acids is 2. The Kier molecular flexibility index (Phi) is 9.67. The molecule has 0 heterocycles. The largest absolute Gasteiger partial charge is 0.297 e. The van der Waals surface area contributed by atoms with E-state index in [9.17, 15) is 9.59 Å². The Morgan fingerprint density at radius 2 is 1.70 bits per heavy atom. The smallest absolute Gasteiger partial charge is 0.226 e. The predicted molar refractivity (Wildman–Crippen MR) is 40.5 cm³/mol. The van der Waals surface area contributed by atoms with Crippen molar-refractivity contribution in [1.29, 1.82) is 0 Å². The normalized spacial score (nSPS) is 7.20. The number of rotatable bonds is 1. The van der Waals surface area contributed by atoms with E-state index in [2.05, 4.69) is 5.32 Å². The van der Waals surface area contributed by atoms with Gasteiger partial charge in [-0.2, -0.15) is 0 Å². The maximum atomic E-state index is 10.3. The average molecular weight is 145 g/mol. The van der Waals surface area contributed by atoms with Crippen molar-refractivity contribution in [1.82, 2.24) is 5.32 Å². The molecule has 60 valence electrons. The summed E-state index contributed by atoms with van der Waals surface area (Å²) in [6, 6.07) is 0. The molecule has 0 aromatic carbocycles.